The average Bonchev–Trinajstić information content (AvgIpc) is 3.04. The van der Waals surface area contributed by atoms with Gasteiger partial charge in [-0.1, -0.05) is 25.2 Å². The minimum Gasteiger partial charge on any atom is -0.346 e. The van der Waals surface area contributed by atoms with Crippen molar-refractivity contribution < 1.29 is 4.79 Å². The summed E-state index contributed by atoms with van der Waals surface area (Å²) in [5.41, 5.74) is -0.156. The maximum Gasteiger partial charge on any atom is 0.230 e. The molecule has 1 aromatic heterocycles. The monoisotopic (exact) mass is 334 g/mol. The Bertz CT molecular complexity index is 597. The molecule has 3 aliphatic rings. The zero-order chi connectivity index (χ0) is 16.0. The van der Waals surface area contributed by atoms with E-state index in [4.69, 9.17) is 0 Å². The molecule has 1 atom stereocenters. The molecule has 23 heavy (non-hydrogen) atoms. The lowest BCUT2D eigenvalue weighted by Gasteiger charge is -2.39. The van der Waals surface area contributed by atoms with Gasteiger partial charge in [0.2, 0.25) is 11.0 Å². The highest BCUT2D eigenvalue weighted by Crippen LogP contribution is 2.43. The first-order valence-electron chi connectivity index (χ1n) is 8.95. The highest BCUT2D eigenvalue weighted by atomic mass is 32.1. The van der Waals surface area contributed by atoms with Crippen molar-refractivity contribution in [1.82, 2.24) is 15.1 Å². The largest absolute Gasteiger partial charge is 0.346 e. The lowest BCUT2D eigenvalue weighted by molar-refractivity contribution is -0.145. The van der Waals surface area contributed by atoms with Crippen molar-refractivity contribution in [2.45, 2.75) is 51.9 Å². The second kappa shape index (κ2) is 5.72. The van der Waals surface area contributed by atoms with Crippen LogP contribution in [0.5, 0.6) is 0 Å². The zero-order valence-electron chi connectivity index (χ0n) is 14.1. The van der Waals surface area contributed by atoms with E-state index in [-0.39, 0.29) is 5.41 Å². The van der Waals surface area contributed by atoms with Crippen LogP contribution in [-0.4, -0.2) is 47.2 Å². The van der Waals surface area contributed by atoms with E-state index in [1.807, 2.05) is 0 Å². The standard InChI is InChI=1S/C17H26N4OS/c1-12(2)14-18-19-16(23-14)21-9-7-17(11-21)6-3-8-20(15(17)22)10-13-4-5-13/h12-13H,3-11H2,1-2H3/t17-/m1/s1. The second-order valence-electron chi connectivity index (χ2n) is 7.83. The van der Waals surface area contributed by atoms with Crippen molar-refractivity contribution in [3.8, 4) is 0 Å². The van der Waals surface area contributed by atoms with Gasteiger partial charge in [-0.25, -0.2) is 0 Å². The number of anilines is 1. The Morgan fingerprint density at radius 2 is 2.09 bits per heavy atom. The molecule has 4 rings (SSSR count). The molecule has 126 valence electrons. The predicted octanol–water partition coefficient (Wildman–Crippen LogP) is 2.89. The Kier molecular flexibility index (Phi) is 3.82. The van der Waals surface area contributed by atoms with E-state index in [0.717, 1.165) is 61.5 Å². The lowest BCUT2D eigenvalue weighted by atomic mass is 9.78. The number of hydrogen-bond acceptors (Lipinski definition) is 5. The van der Waals surface area contributed by atoms with Crippen LogP contribution in [0.25, 0.3) is 0 Å². The predicted molar refractivity (Wildman–Crippen MR) is 91.8 cm³/mol. The number of carbonyl (C=O) groups is 1. The molecule has 0 aromatic carbocycles. The fourth-order valence-corrected chi connectivity index (χ4v) is 4.81. The maximum absolute atomic E-state index is 13.1. The zero-order valence-corrected chi connectivity index (χ0v) is 14.9. The summed E-state index contributed by atoms with van der Waals surface area (Å²) in [4.78, 5) is 17.5. The first-order valence-corrected chi connectivity index (χ1v) is 9.77. The van der Waals surface area contributed by atoms with E-state index in [1.54, 1.807) is 11.3 Å². The molecule has 5 nitrogen and oxygen atoms in total. The molecular weight excluding hydrogens is 308 g/mol. The smallest absolute Gasteiger partial charge is 0.230 e. The summed E-state index contributed by atoms with van der Waals surface area (Å²) < 4.78 is 0. The number of amides is 1. The van der Waals surface area contributed by atoms with Crippen LogP contribution in [0.3, 0.4) is 0 Å². The maximum atomic E-state index is 13.1. The van der Waals surface area contributed by atoms with Gasteiger partial charge in [0.1, 0.15) is 5.01 Å². The van der Waals surface area contributed by atoms with Gasteiger partial charge in [0, 0.05) is 32.1 Å². The van der Waals surface area contributed by atoms with E-state index in [2.05, 4.69) is 33.8 Å². The molecular formula is C17H26N4OS. The Hall–Kier alpha value is -1.17. The van der Waals surface area contributed by atoms with Gasteiger partial charge < -0.3 is 9.80 Å². The summed E-state index contributed by atoms with van der Waals surface area (Å²) in [7, 11) is 0. The number of nitrogens with zero attached hydrogens (tertiary/aromatic N) is 4. The third kappa shape index (κ3) is 2.86. The molecule has 0 N–H and O–H groups in total. The van der Waals surface area contributed by atoms with Gasteiger partial charge in [-0.05, 0) is 38.0 Å². The van der Waals surface area contributed by atoms with Crippen molar-refractivity contribution in [2.75, 3.05) is 31.1 Å². The average molecular weight is 334 g/mol. The molecule has 2 saturated heterocycles. The van der Waals surface area contributed by atoms with Gasteiger partial charge >= 0.3 is 0 Å². The molecule has 2 aliphatic heterocycles. The first kappa shape index (κ1) is 15.4. The van der Waals surface area contributed by atoms with E-state index in [1.165, 1.54) is 12.8 Å². The van der Waals surface area contributed by atoms with E-state index < -0.39 is 0 Å². The molecule has 0 bridgehead atoms. The fraction of sp³-hybridized carbons (Fsp3) is 0.824. The van der Waals surface area contributed by atoms with Crippen LogP contribution in [0.15, 0.2) is 0 Å². The van der Waals surface area contributed by atoms with Crippen LogP contribution >= 0.6 is 11.3 Å². The van der Waals surface area contributed by atoms with Crippen LogP contribution in [0.2, 0.25) is 0 Å². The van der Waals surface area contributed by atoms with Gasteiger partial charge in [-0.2, -0.15) is 0 Å². The molecule has 1 aromatic rings. The topological polar surface area (TPSA) is 49.3 Å². The number of rotatable bonds is 4. The van der Waals surface area contributed by atoms with Gasteiger partial charge in [0.05, 0.1) is 5.41 Å². The van der Waals surface area contributed by atoms with Crippen LogP contribution < -0.4 is 4.90 Å². The number of carbonyl (C=O) groups excluding carboxylic acids is 1. The Labute approximate surface area is 142 Å². The molecule has 0 radical (unpaired) electrons. The Morgan fingerprint density at radius 1 is 1.26 bits per heavy atom. The molecule has 3 heterocycles. The minimum atomic E-state index is -0.156. The van der Waals surface area contributed by atoms with Gasteiger partial charge in [0.25, 0.3) is 0 Å². The molecule has 3 fully saturated rings. The van der Waals surface area contributed by atoms with Gasteiger partial charge in [-0.15, -0.1) is 10.2 Å². The SMILES string of the molecule is CC(C)c1nnc(N2CC[C@]3(CCCN(CC4CC4)C3=O)C2)s1. The summed E-state index contributed by atoms with van der Waals surface area (Å²) in [6, 6.07) is 0. The quantitative estimate of drug-likeness (QED) is 0.849. The highest BCUT2D eigenvalue weighted by molar-refractivity contribution is 7.15. The van der Waals surface area contributed by atoms with Crippen LogP contribution in [0, 0.1) is 11.3 Å². The number of likely N-dealkylation sites (tertiary alicyclic amines) is 1. The number of piperidine rings is 1. The number of hydrogen-bond donors (Lipinski definition) is 0. The first-order chi connectivity index (χ1) is 11.1. The van der Waals surface area contributed by atoms with Crippen molar-refractivity contribution >= 4 is 22.4 Å². The molecule has 1 spiro atoms. The normalized spacial score (nSPS) is 28.4. The molecule has 0 unspecified atom stereocenters. The molecule has 1 saturated carbocycles. The van der Waals surface area contributed by atoms with Crippen molar-refractivity contribution in [2.24, 2.45) is 11.3 Å². The summed E-state index contributed by atoms with van der Waals surface area (Å²) in [5, 5.41) is 10.8. The van der Waals surface area contributed by atoms with E-state index >= 15 is 0 Å². The summed E-state index contributed by atoms with van der Waals surface area (Å²) in [6.45, 7) is 8.03. The van der Waals surface area contributed by atoms with Crippen LogP contribution in [0.4, 0.5) is 5.13 Å². The van der Waals surface area contributed by atoms with Gasteiger partial charge in [-0.3, -0.25) is 4.79 Å². The van der Waals surface area contributed by atoms with Crippen LogP contribution in [0.1, 0.15) is 56.9 Å². The number of aromatic nitrogens is 2. The second-order valence-corrected chi connectivity index (χ2v) is 8.82. The summed E-state index contributed by atoms with van der Waals surface area (Å²) >= 11 is 1.69. The summed E-state index contributed by atoms with van der Waals surface area (Å²) in [5.74, 6) is 1.61. The van der Waals surface area contributed by atoms with E-state index in [0.29, 0.717) is 11.8 Å². The Balaban J connectivity index is 1.47. The lowest BCUT2D eigenvalue weighted by Crippen LogP contribution is -2.50. The van der Waals surface area contributed by atoms with Crippen molar-refractivity contribution in [3.63, 3.8) is 0 Å². The van der Waals surface area contributed by atoms with Gasteiger partial charge in [0.15, 0.2) is 0 Å². The van der Waals surface area contributed by atoms with Crippen molar-refractivity contribution in [3.05, 3.63) is 5.01 Å². The Morgan fingerprint density at radius 3 is 2.78 bits per heavy atom. The minimum absolute atomic E-state index is 0.156. The third-order valence-electron chi connectivity index (χ3n) is 5.55. The summed E-state index contributed by atoms with van der Waals surface area (Å²) in [6.07, 6.45) is 5.79. The molecule has 1 aliphatic carbocycles. The molecule has 1 amide bonds. The molecule has 6 heteroatoms. The fourth-order valence-electron chi connectivity index (χ4n) is 3.94. The van der Waals surface area contributed by atoms with Crippen LogP contribution in [-0.2, 0) is 4.79 Å². The highest BCUT2D eigenvalue weighted by Gasteiger charge is 2.49. The van der Waals surface area contributed by atoms with E-state index in [9.17, 15) is 4.79 Å². The van der Waals surface area contributed by atoms with Crippen molar-refractivity contribution in [1.29, 1.82) is 0 Å². The third-order valence-corrected chi connectivity index (χ3v) is 6.83.